The molecule has 0 fully saturated rings. The summed E-state index contributed by atoms with van der Waals surface area (Å²) in [5, 5.41) is 15.4. The Bertz CT molecular complexity index is 280. The van der Waals surface area contributed by atoms with Crippen molar-refractivity contribution < 1.29 is 48.9 Å². The van der Waals surface area contributed by atoms with E-state index in [1.165, 1.54) is 13.8 Å². The molecule has 19 heavy (non-hydrogen) atoms. The van der Waals surface area contributed by atoms with Crippen LogP contribution in [0.4, 0.5) is 0 Å². The second-order valence-corrected chi connectivity index (χ2v) is 2.76. The van der Waals surface area contributed by atoms with Crippen LogP contribution < -0.4 is 0 Å². The van der Waals surface area contributed by atoms with Crippen LogP contribution in [-0.2, 0) is 38.7 Å². The number of carbonyl (C=O) groups is 4. The maximum Gasteiger partial charge on any atom is 0.339 e. The van der Waals surface area contributed by atoms with E-state index in [-0.39, 0.29) is 13.2 Å². The Labute approximate surface area is 107 Å². The Hall–Kier alpha value is -2.20. The molecule has 0 heterocycles. The van der Waals surface area contributed by atoms with Gasteiger partial charge in [-0.2, -0.15) is 9.78 Å². The summed E-state index contributed by atoms with van der Waals surface area (Å²) in [5.41, 5.74) is 0. The van der Waals surface area contributed by atoms with Crippen LogP contribution in [0.2, 0.25) is 0 Å². The van der Waals surface area contributed by atoms with Crippen LogP contribution in [0.15, 0.2) is 0 Å². The highest BCUT2D eigenvalue weighted by Gasteiger charge is 2.01. The molecule has 0 aromatic heterocycles. The Kier molecular flexibility index (Phi) is 12.4. The molecule has 10 nitrogen and oxygen atoms in total. The predicted octanol–water partition coefficient (Wildman–Crippen LogP) is -0.478. The van der Waals surface area contributed by atoms with Crippen LogP contribution in [0, 0.1) is 0 Å². The van der Waals surface area contributed by atoms with Crippen LogP contribution in [0.3, 0.4) is 0 Å². The summed E-state index contributed by atoms with van der Waals surface area (Å²) in [6.45, 7) is 2.42. The second kappa shape index (κ2) is 12.3. The molecular weight excluding hydrogens is 268 g/mol. The van der Waals surface area contributed by atoms with Crippen molar-refractivity contribution in [2.75, 3.05) is 13.2 Å². The molecule has 0 rings (SSSR count). The maximum atomic E-state index is 10.1. The number of carboxylic acid groups (broad SMARTS) is 2. The molecule has 0 aliphatic rings. The quantitative estimate of drug-likeness (QED) is 0.271. The summed E-state index contributed by atoms with van der Waals surface area (Å²) in [6, 6.07) is 0. The minimum atomic E-state index is -1.31. The molecule has 110 valence electrons. The summed E-state index contributed by atoms with van der Waals surface area (Å²) in [4.78, 5) is 55.9. The summed E-state index contributed by atoms with van der Waals surface area (Å²) in [7, 11) is 0. The molecule has 0 aliphatic heterocycles. The molecular formula is C9H14O10. The zero-order valence-corrected chi connectivity index (χ0v) is 10.3. The summed E-state index contributed by atoms with van der Waals surface area (Å²) in [6.07, 6.45) is -0.806. The van der Waals surface area contributed by atoms with E-state index in [4.69, 9.17) is 10.2 Å². The Morgan fingerprint density at radius 1 is 0.789 bits per heavy atom. The number of aliphatic carboxylic acids is 2. The first-order valence-corrected chi connectivity index (χ1v) is 4.79. The molecule has 10 heteroatoms. The lowest BCUT2D eigenvalue weighted by atomic mass is 10.5. The molecule has 0 saturated heterocycles. The van der Waals surface area contributed by atoms with Gasteiger partial charge in [0.1, 0.15) is 19.6 Å². The first-order chi connectivity index (χ1) is 8.75. The van der Waals surface area contributed by atoms with E-state index in [1.807, 2.05) is 0 Å². The standard InChI is InChI=1S/C6H10O6.C3H4O4/c1-5(7)11-9-3-4-10-12-6(2)8;4-2(5)1-3(6)7/h3-4H2,1-2H3;1H2,(H,4,5)(H,6,7). The Morgan fingerprint density at radius 3 is 1.26 bits per heavy atom. The van der Waals surface area contributed by atoms with Crippen molar-refractivity contribution >= 4 is 23.9 Å². The molecule has 0 radical (unpaired) electrons. The van der Waals surface area contributed by atoms with E-state index in [0.29, 0.717) is 0 Å². The fraction of sp³-hybridized carbons (Fsp3) is 0.556. The first kappa shape index (κ1) is 19.1. The molecule has 0 bridgehead atoms. The molecule has 0 aromatic carbocycles. The van der Waals surface area contributed by atoms with Gasteiger partial charge in [-0.15, -0.1) is 0 Å². The fourth-order valence-electron chi connectivity index (χ4n) is 0.447. The smallest absolute Gasteiger partial charge is 0.339 e. The predicted molar refractivity (Wildman–Crippen MR) is 55.3 cm³/mol. The van der Waals surface area contributed by atoms with Crippen molar-refractivity contribution in [3.8, 4) is 0 Å². The van der Waals surface area contributed by atoms with Crippen molar-refractivity contribution in [2.45, 2.75) is 20.3 Å². The number of rotatable bonds is 7. The molecule has 0 saturated carbocycles. The molecule has 0 aromatic rings. The molecule has 0 unspecified atom stereocenters. The van der Waals surface area contributed by atoms with E-state index in [9.17, 15) is 19.2 Å². The van der Waals surface area contributed by atoms with E-state index in [2.05, 4.69) is 19.6 Å². The number of carbonyl (C=O) groups excluding carboxylic acids is 2. The number of hydrogen-bond donors (Lipinski definition) is 2. The third kappa shape index (κ3) is 25.8. The van der Waals surface area contributed by atoms with Crippen LogP contribution in [0.5, 0.6) is 0 Å². The molecule has 0 spiro atoms. The number of carboxylic acids is 2. The van der Waals surface area contributed by atoms with Gasteiger partial charge in [0.05, 0.1) is 0 Å². The largest absolute Gasteiger partial charge is 0.481 e. The molecule has 0 atom stereocenters. The van der Waals surface area contributed by atoms with E-state index in [1.54, 1.807) is 0 Å². The van der Waals surface area contributed by atoms with Crippen molar-refractivity contribution in [3.05, 3.63) is 0 Å². The SMILES string of the molecule is CC(=O)OOCCOOC(C)=O.O=C(O)CC(=O)O. The van der Waals surface area contributed by atoms with E-state index >= 15 is 0 Å². The minimum absolute atomic E-state index is 0.00681. The zero-order valence-electron chi connectivity index (χ0n) is 10.3. The normalized spacial score (nSPS) is 8.74. The topological polar surface area (TPSA) is 146 Å². The van der Waals surface area contributed by atoms with Crippen LogP contribution in [0.25, 0.3) is 0 Å². The van der Waals surface area contributed by atoms with Gasteiger partial charge in [-0.25, -0.2) is 9.59 Å². The van der Waals surface area contributed by atoms with Crippen LogP contribution in [0.1, 0.15) is 20.3 Å². The monoisotopic (exact) mass is 282 g/mol. The third-order valence-electron chi connectivity index (χ3n) is 0.905. The van der Waals surface area contributed by atoms with Gasteiger partial charge in [-0.05, 0) is 0 Å². The van der Waals surface area contributed by atoms with Gasteiger partial charge < -0.3 is 10.2 Å². The summed E-state index contributed by atoms with van der Waals surface area (Å²) >= 11 is 0. The van der Waals surface area contributed by atoms with Gasteiger partial charge in [-0.1, -0.05) is 0 Å². The highest BCUT2D eigenvalue weighted by molar-refractivity contribution is 5.88. The van der Waals surface area contributed by atoms with Gasteiger partial charge in [0.15, 0.2) is 0 Å². The lowest BCUT2D eigenvalue weighted by Gasteiger charge is -2.00. The first-order valence-electron chi connectivity index (χ1n) is 4.79. The maximum absolute atomic E-state index is 10.1. The Morgan fingerprint density at radius 2 is 1.11 bits per heavy atom. The van der Waals surface area contributed by atoms with Gasteiger partial charge in [-0.3, -0.25) is 19.4 Å². The summed E-state index contributed by atoms with van der Waals surface area (Å²) < 4.78 is 0. The van der Waals surface area contributed by atoms with Crippen molar-refractivity contribution in [1.29, 1.82) is 0 Å². The molecule has 0 aliphatic carbocycles. The Balaban J connectivity index is 0. The lowest BCUT2D eigenvalue weighted by Crippen LogP contribution is -2.09. The average Bonchev–Trinajstić information content (AvgIpc) is 2.21. The van der Waals surface area contributed by atoms with Crippen molar-refractivity contribution in [1.82, 2.24) is 0 Å². The van der Waals surface area contributed by atoms with Crippen molar-refractivity contribution in [2.24, 2.45) is 0 Å². The zero-order chi connectivity index (χ0) is 15.3. The second-order valence-electron chi connectivity index (χ2n) is 2.76. The minimum Gasteiger partial charge on any atom is -0.481 e. The average molecular weight is 282 g/mol. The highest BCUT2D eigenvalue weighted by atomic mass is 17.2. The van der Waals surface area contributed by atoms with Gasteiger partial charge in [0, 0.05) is 13.8 Å². The lowest BCUT2D eigenvalue weighted by molar-refractivity contribution is -0.310. The molecule has 0 amide bonds. The van der Waals surface area contributed by atoms with E-state index < -0.39 is 30.3 Å². The highest BCUT2D eigenvalue weighted by Crippen LogP contribution is 1.83. The van der Waals surface area contributed by atoms with Gasteiger partial charge in [0.25, 0.3) is 0 Å². The fourth-order valence-corrected chi connectivity index (χ4v) is 0.447. The van der Waals surface area contributed by atoms with Crippen LogP contribution in [-0.4, -0.2) is 47.3 Å². The third-order valence-corrected chi connectivity index (χ3v) is 0.905. The molecule has 2 N–H and O–H groups in total. The van der Waals surface area contributed by atoms with E-state index in [0.717, 1.165) is 0 Å². The number of hydrogen-bond acceptors (Lipinski definition) is 8. The van der Waals surface area contributed by atoms with Gasteiger partial charge in [0.2, 0.25) is 0 Å². The van der Waals surface area contributed by atoms with Crippen molar-refractivity contribution in [3.63, 3.8) is 0 Å². The van der Waals surface area contributed by atoms with Gasteiger partial charge >= 0.3 is 23.9 Å². The summed E-state index contributed by atoms with van der Waals surface area (Å²) in [5.74, 6) is -3.73. The van der Waals surface area contributed by atoms with Crippen LogP contribution >= 0.6 is 0 Å².